The van der Waals surface area contributed by atoms with Gasteiger partial charge >= 0.3 is 0 Å². The van der Waals surface area contributed by atoms with Gasteiger partial charge < -0.3 is 10.2 Å². The highest BCUT2D eigenvalue weighted by Gasteiger charge is 2.60. The molecule has 2 nitrogen and oxygen atoms in total. The van der Waals surface area contributed by atoms with Crippen LogP contribution < -0.4 is 0 Å². The summed E-state index contributed by atoms with van der Waals surface area (Å²) in [7, 11) is 0. The third kappa shape index (κ3) is 3.67. The maximum absolute atomic E-state index is 11.0. The minimum atomic E-state index is -0.453. The molecule has 4 saturated carbocycles. The summed E-state index contributed by atoms with van der Waals surface area (Å²) in [6, 6.07) is 0. The first kappa shape index (κ1) is 22.5. The molecule has 0 aromatic heterocycles. The second-order valence-electron chi connectivity index (χ2n) is 13.2. The van der Waals surface area contributed by atoms with Gasteiger partial charge in [0.2, 0.25) is 0 Å². The Hall–Kier alpha value is -0.340. The summed E-state index contributed by atoms with van der Waals surface area (Å²) in [6.07, 6.45) is 18.2. The lowest BCUT2D eigenvalue weighted by molar-refractivity contribution is -0.0817. The Morgan fingerprint density at radius 2 is 1.81 bits per heavy atom. The molecule has 9 atom stereocenters. The zero-order valence-corrected chi connectivity index (χ0v) is 20.7. The number of hydrogen-bond acceptors (Lipinski definition) is 2. The van der Waals surface area contributed by atoms with Crippen LogP contribution in [0.3, 0.4) is 0 Å². The van der Waals surface area contributed by atoms with Crippen LogP contribution in [0.2, 0.25) is 0 Å². The van der Waals surface area contributed by atoms with Crippen LogP contribution in [0.25, 0.3) is 0 Å². The normalized spacial score (nSPS) is 48.9. The summed E-state index contributed by atoms with van der Waals surface area (Å²) in [5.41, 5.74) is 1.87. The summed E-state index contributed by atoms with van der Waals surface area (Å²) in [4.78, 5) is 0. The molecule has 0 bridgehead atoms. The summed E-state index contributed by atoms with van der Waals surface area (Å²) in [6.45, 7) is 9.67. The Morgan fingerprint density at radius 3 is 2.52 bits per heavy atom. The molecule has 5 aliphatic rings. The molecule has 0 saturated heterocycles. The largest absolute Gasteiger partial charge is 0.393 e. The van der Waals surface area contributed by atoms with Gasteiger partial charge in [0.25, 0.3) is 0 Å². The summed E-state index contributed by atoms with van der Waals surface area (Å²) in [5.74, 6) is 4.53. The quantitative estimate of drug-likeness (QED) is 0.452. The highest BCUT2D eigenvalue weighted by Crippen LogP contribution is 2.67. The highest BCUT2D eigenvalue weighted by atomic mass is 16.3. The van der Waals surface area contributed by atoms with Crippen LogP contribution in [-0.2, 0) is 0 Å². The van der Waals surface area contributed by atoms with Gasteiger partial charge in [-0.05, 0) is 117 Å². The van der Waals surface area contributed by atoms with Crippen molar-refractivity contribution in [2.45, 2.75) is 123 Å². The van der Waals surface area contributed by atoms with Gasteiger partial charge in [0.05, 0.1) is 11.7 Å². The summed E-state index contributed by atoms with van der Waals surface area (Å²) < 4.78 is 0. The van der Waals surface area contributed by atoms with Gasteiger partial charge in [-0.2, -0.15) is 0 Å². The van der Waals surface area contributed by atoms with Crippen molar-refractivity contribution in [2.24, 2.45) is 46.3 Å². The minimum Gasteiger partial charge on any atom is -0.393 e. The molecule has 5 rings (SSSR count). The van der Waals surface area contributed by atoms with Crippen molar-refractivity contribution in [3.63, 3.8) is 0 Å². The van der Waals surface area contributed by atoms with Crippen LogP contribution >= 0.6 is 0 Å². The molecule has 2 heteroatoms. The number of fused-ring (bicyclic) bond motifs is 5. The zero-order chi connectivity index (χ0) is 22.0. The second-order valence-corrected chi connectivity index (χ2v) is 13.2. The number of rotatable bonds is 6. The van der Waals surface area contributed by atoms with Crippen molar-refractivity contribution in [3.8, 4) is 0 Å². The van der Waals surface area contributed by atoms with Crippen molar-refractivity contribution >= 4 is 0 Å². The Morgan fingerprint density at radius 1 is 1.03 bits per heavy atom. The van der Waals surface area contributed by atoms with E-state index in [1.54, 1.807) is 5.57 Å². The van der Waals surface area contributed by atoms with Crippen molar-refractivity contribution in [1.82, 2.24) is 0 Å². The van der Waals surface area contributed by atoms with Gasteiger partial charge in [0.1, 0.15) is 0 Å². The van der Waals surface area contributed by atoms with Crippen molar-refractivity contribution in [2.75, 3.05) is 0 Å². The van der Waals surface area contributed by atoms with E-state index in [0.29, 0.717) is 22.7 Å². The van der Waals surface area contributed by atoms with E-state index in [0.717, 1.165) is 49.4 Å². The van der Waals surface area contributed by atoms with Crippen LogP contribution in [-0.4, -0.2) is 21.9 Å². The van der Waals surface area contributed by atoms with Crippen LogP contribution in [0, 0.1) is 46.3 Å². The second kappa shape index (κ2) is 7.86. The lowest BCUT2D eigenvalue weighted by atomic mass is 9.46. The standard InChI is InChI=1S/C29H48O2/c1-5-29(31)17-16-27(3)21(18-29)9-10-22-24-12-11-23(28(24,4)15-14-25(22)27)19(2)26(30)13-8-20-6-7-20/h9,19-20,22-26,30-31H,5-8,10-18H2,1-4H3/t19-,22?,23+,24?,25-,26+,27-,28+,29-/m0/s1. The topological polar surface area (TPSA) is 40.5 Å². The average molecular weight is 429 g/mol. The number of hydrogen-bond donors (Lipinski definition) is 2. The smallest absolute Gasteiger partial charge is 0.0682 e. The minimum absolute atomic E-state index is 0.0978. The summed E-state index contributed by atoms with van der Waals surface area (Å²) in [5, 5.41) is 22.0. The third-order valence-corrected chi connectivity index (χ3v) is 11.8. The molecule has 2 N–H and O–H groups in total. The number of allylic oxidation sites excluding steroid dienone is 1. The SMILES string of the molecule is CC[C@]1(O)CC[C@@]2(C)C(=CCC3C4CC[C@H]([C@H](C)[C@H](O)CCC5CC5)[C@@]4(C)CC[C@@H]32)C1. The number of aliphatic hydroxyl groups is 2. The lowest BCUT2D eigenvalue weighted by Gasteiger charge is -2.59. The molecular weight excluding hydrogens is 380 g/mol. The Labute approximate surface area is 191 Å². The van der Waals surface area contributed by atoms with Crippen molar-refractivity contribution in [3.05, 3.63) is 11.6 Å². The van der Waals surface area contributed by atoms with Gasteiger partial charge in [-0.1, -0.05) is 52.2 Å². The molecule has 31 heavy (non-hydrogen) atoms. The highest BCUT2D eigenvalue weighted by molar-refractivity contribution is 5.27. The Balaban J connectivity index is 1.32. The Bertz CT molecular complexity index is 710. The first-order valence-corrected chi connectivity index (χ1v) is 13.8. The molecule has 4 fully saturated rings. The molecule has 0 radical (unpaired) electrons. The first-order valence-electron chi connectivity index (χ1n) is 13.8. The molecule has 2 unspecified atom stereocenters. The molecule has 0 aromatic carbocycles. The molecular formula is C29H48O2. The maximum atomic E-state index is 11.0. The van der Waals surface area contributed by atoms with Crippen molar-refractivity contribution < 1.29 is 10.2 Å². The van der Waals surface area contributed by atoms with Gasteiger partial charge in [0, 0.05) is 0 Å². The summed E-state index contributed by atoms with van der Waals surface area (Å²) >= 11 is 0. The van der Waals surface area contributed by atoms with Gasteiger partial charge in [-0.15, -0.1) is 0 Å². The maximum Gasteiger partial charge on any atom is 0.0682 e. The lowest BCUT2D eigenvalue weighted by Crippen LogP contribution is -2.52. The van der Waals surface area contributed by atoms with E-state index >= 15 is 0 Å². The van der Waals surface area contributed by atoms with E-state index in [1.165, 1.54) is 57.8 Å². The molecule has 0 amide bonds. The fourth-order valence-corrected chi connectivity index (χ4v) is 9.26. The van der Waals surface area contributed by atoms with E-state index in [9.17, 15) is 10.2 Å². The molecule has 0 heterocycles. The molecule has 0 spiro atoms. The third-order valence-electron chi connectivity index (χ3n) is 11.8. The van der Waals surface area contributed by atoms with Crippen molar-refractivity contribution in [1.29, 1.82) is 0 Å². The van der Waals surface area contributed by atoms with Gasteiger partial charge in [-0.3, -0.25) is 0 Å². The molecule has 176 valence electrons. The predicted octanol–water partition coefficient (Wildman–Crippen LogP) is 6.89. The fraction of sp³-hybridized carbons (Fsp3) is 0.931. The van der Waals surface area contributed by atoms with Crippen LogP contribution in [0.15, 0.2) is 11.6 Å². The number of aliphatic hydroxyl groups excluding tert-OH is 1. The molecule has 0 aliphatic heterocycles. The predicted molar refractivity (Wildman–Crippen MR) is 128 cm³/mol. The van der Waals surface area contributed by atoms with E-state index in [-0.39, 0.29) is 6.10 Å². The monoisotopic (exact) mass is 428 g/mol. The van der Waals surface area contributed by atoms with Crippen LogP contribution in [0.5, 0.6) is 0 Å². The van der Waals surface area contributed by atoms with E-state index < -0.39 is 5.60 Å². The Kier molecular flexibility index (Phi) is 5.70. The van der Waals surface area contributed by atoms with Crippen LogP contribution in [0.1, 0.15) is 111 Å². The average Bonchev–Trinajstić information content (AvgIpc) is 3.52. The molecule has 5 aliphatic carbocycles. The first-order chi connectivity index (χ1) is 14.7. The zero-order valence-electron chi connectivity index (χ0n) is 20.7. The van der Waals surface area contributed by atoms with Gasteiger partial charge in [-0.25, -0.2) is 0 Å². The fourth-order valence-electron chi connectivity index (χ4n) is 9.26. The molecule has 0 aromatic rings. The van der Waals surface area contributed by atoms with E-state index in [4.69, 9.17) is 0 Å². The van der Waals surface area contributed by atoms with E-state index in [1.807, 2.05) is 0 Å². The van der Waals surface area contributed by atoms with Gasteiger partial charge in [0.15, 0.2) is 0 Å². The van der Waals surface area contributed by atoms with Crippen LogP contribution in [0.4, 0.5) is 0 Å². The van der Waals surface area contributed by atoms with E-state index in [2.05, 4.69) is 33.8 Å².